The number of carbonyl (C=O) groups is 3. The fraction of sp³-hybridized carbons (Fsp3) is 0.712. The van der Waals surface area contributed by atoms with Crippen molar-refractivity contribution in [1.82, 2.24) is 0 Å². The monoisotopic (exact) mass is 905 g/mol. The van der Waals surface area contributed by atoms with Gasteiger partial charge in [0.2, 0.25) is 0 Å². The number of carbonyl (C=O) groups excluding carboxylic acids is 3. The fourth-order valence-corrected chi connectivity index (χ4v) is 7.22. The van der Waals surface area contributed by atoms with Gasteiger partial charge in [-0.1, -0.05) is 202 Å². The highest BCUT2D eigenvalue weighted by molar-refractivity contribution is 5.71. The minimum Gasteiger partial charge on any atom is -0.462 e. The molecule has 0 aliphatic rings. The van der Waals surface area contributed by atoms with E-state index >= 15 is 0 Å². The van der Waals surface area contributed by atoms with Crippen LogP contribution in [0.2, 0.25) is 0 Å². The van der Waals surface area contributed by atoms with Gasteiger partial charge < -0.3 is 14.2 Å². The van der Waals surface area contributed by atoms with Crippen molar-refractivity contribution in [1.29, 1.82) is 0 Å². The molecule has 6 nitrogen and oxygen atoms in total. The van der Waals surface area contributed by atoms with E-state index in [1.807, 2.05) is 0 Å². The predicted molar refractivity (Wildman–Crippen MR) is 279 cm³/mol. The molecule has 0 heterocycles. The van der Waals surface area contributed by atoms with Crippen LogP contribution in [0.25, 0.3) is 0 Å². The molecule has 0 saturated heterocycles. The second-order valence-corrected chi connectivity index (χ2v) is 17.8. The lowest BCUT2D eigenvalue weighted by molar-refractivity contribution is -0.167. The van der Waals surface area contributed by atoms with Crippen molar-refractivity contribution in [2.45, 2.75) is 258 Å². The summed E-state index contributed by atoms with van der Waals surface area (Å²) in [6.45, 7) is 6.51. The van der Waals surface area contributed by atoms with E-state index in [-0.39, 0.29) is 37.5 Å². The zero-order valence-electron chi connectivity index (χ0n) is 42.5. The van der Waals surface area contributed by atoms with Gasteiger partial charge in [0.1, 0.15) is 13.2 Å². The zero-order chi connectivity index (χ0) is 47.2. The third-order valence-corrected chi connectivity index (χ3v) is 11.3. The number of hydrogen-bond donors (Lipinski definition) is 0. The Kier molecular flexibility index (Phi) is 50.4. The molecule has 0 fully saturated rings. The van der Waals surface area contributed by atoms with Crippen molar-refractivity contribution in [3.63, 3.8) is 0 Å². The van der Waals surface area contributed by atoms with Crippen LogP contribution in [0.4, 0.5) is 0 Å². The number of esters is 3. The number of unbranched alkanes of at least 4 members (excludes halogenated alkanes) is 23. The molecule has 0 aromatic rings. The lowest BCUT2D eigenvalue weighted by Crippen LogP contribution is -2.30. The summed E-state index contributed by atoms with van der Waals surface area (Å²) in [5.74, 6) is -0.979. The molecule has 0 aliphatic heterocycles. The van der Waals surface area contributed by atoms with Crippen LogP contribution in [0.5, 0.6) is 0 Å². The van der Waals surface area contributed by atoms with Gasteiger partial charge in [-0.2, -0.15) is 0 Å². The molecule has 0 aromatic heterocycles. The molecule has 0 saturated carbocycles. The third kappa shape index (κ3) is 51.4. The first-order chi connectivity index (χ1) is 32.0. The highest BCUT2D eigenvalue weighted by atomic mass is 16.6. The molecular formula is C59H100O6. The molecule has 0 spiro atoms. The fourth-order valence-electron chi connectivity index (χ4n) is 7.22. The number of hydrogen-bond acceptors (Lipinski definition) is 6. The van der Waals surface area contributed by atoms with Crippen LogP contribution < -0.4 is 0 Å². The Morgan fingerprint density at radius 1 is 0.308 bits per heavy atom. The van der Waals surface area contributed by atoms with E-state index < -0.39 is 6.10 Å². The maximum Gasteiger partial charge on any atom is 0.306 e. The Labute approximate surface area is 401 Å². The number of ether oxygens (including phenoxy) is 3. The Morgan fingerprint density at radius 2 is 0.569 bits per heavy atom. The van der Waals surface area contributed by atoms with Gasteiger partial charge in [-0.25, -0.2) is 0 Å². The maximum atomic E-state index is 12.8. The first-order valence-electron chi connectivity index (χ1n) is 27.1. The summed E-state index contributed by atoms with van der Waals surface area (Å²) in [4.78, 5) is 38.0. The average Bonchev–Trinajstić information content (AvgIpc) is 3.30. The van der Waals surface area contributed by atoms with Gasteiger partial charge in [-0.05, 0) is 116 Å². The van der Waals surface area contributed by atoms with E-state index in [9.17, 15) is 14.4 Å². The molecule has 0 N–H and O–H groups in total. The molecule has 0 aromatic carbocycles. The van der Waals surface area contributed by atoms with Crippen molar-refractivity contribution >= 4 is 17.9 Å². The summed E-state index contributed by atoms with van der Waals surface area (Å²) in [7, 11) is 0. The Hall–Kier alpha value is -3.41. The van der Waals surface area contributed by atoms with Gasteiger partial charge >= 0.3 is 17.9 Å². The molecule has 372 valence electrons. The van der Waals surface area contributed by atoms with Crippen LogP contribution in [-0.4, -0.2) is 37.2 Å². The molecule has 0 radical (unpaired) electrons. The second kappa shape index (κ2) is 53.2. The maximum absolute atomic E-state index is 12.8. The van der Waals surface area contributed by atoms with E-state index in [4.69, 9.17) is 14.2 Å². The molecule has 0 bridgehead atoms. The molecule has 0 amide bonds. The van der Waals surface area contributed by atoms with Gasteiger partial charge in [0.05, 0.1) is 0 Å². The smallest absolute Gasteiger partial charge is 0.306 e. The average molecular weight is 905 g/mol. The largest absolute Gasteiger partial charge is 0.462 e. The van der Waals surface area contributed by atoms with Crippen LogP contribution in [0.1, 0.15) is 252 Å². The summed E-state index contributed by atoms with van der Waals surface area (Å²) in [6.07, 6.45) is 68.5. The van der Waals surface area contributed by atoms with Crippen molar-refractivity contribution < 1.29 is 28.6 Å². The van der Waals surface area contributed by atoms with Crippen LogP contribution in [0.15, 0.2) is 85.1 Å². The van der Waals surface area contributed by atoms with Gasteiger partial charge in [0.15, 0.2) is 6.10 Å². The van der Waals surface area contributed by atoms with E-state index in [0.29, 0.717) is 19.3 Å². The van der Waals surface area contributed by atoms with Gasteiger partial charge in [-0.3, -0.25) is 14.4 Å². The summed E-state index contributed by atoms with van der Waals surface area (Å²) >= 11 is 0. The first kappa shape index (κ1) is 61.6. The van der Waals surface area contributed by atoms with Gasteiger partial charge in [0.25, 0.3) is 0 Å². The van der Waals surface area contributed by atoms with Gasteiger partial charge in [0, 0.05) is 19.3 Å². The third-order valence-electron chi connectivity index (χ3n) is 11.3. The Bertz CT molecular complexity index is 1270. The Morgan fingerprint density at radius 3 is 0.954 bits per heavy atom. The molecule has 6 heteroatoms. The topological polar surface area (TPSA) is 78.9 Å². The zero-order valence-corrected chi connectivity index (χ0v) is 42.5. The van der Waals surface area contributed by atoms with Crippen molar-refractivity contribution in [2.75, 3.05) is 13.2 Å². The first-order valence-corrected chi connectivity index (χ1v) is 27.1. The number of rotatable bonds is 48. The quantitative estimate of drug-likeness (QED) is 0.0262. The van der Waals surface area contributed by atoms with Crippen molar-refractivity contribution in [2.24, 2.45) is 0 Å². The number of allylic oxidation sites excluding steroid dienone is 14. The molecule has 1 atom stereocenters. The van der Waals surface area contributed by atoms with E-state index in [1.165, 1.54) is 116 Å². The lowest BCUT2D eigenvalue weighted by Gasteiger charge is -2.18. The summed E-state index contributed by atoms with van der Waals surface area (Å²) in [5.41, 5.74) is 0. The van der Waals surface area contributed by atoms with Crippen LogP contribution in [-0.2, 0) is 28.6 Å². The summed E-state index contributed by atoms with van der Waals surface area (Å²) < 4.78 is 16.8. The predicted octanol–water partition coefficient (Wildman–Crippen LogP) is 18.0. The Balaban J connectivity index is 4.51. The van der Waals surface area contributed by atoms with Crippen molar-refractivity contribution in [3.8, 4) is 0 Å². The van der Waals surface area contributed by atoms with Crippen LogP contribution >= 0.6 is 0 Å². The summed E-state index contributed by atoms with van der Waals surface area (Å²) in [5, 5.41) is 0. The molecule has 0 unspecified atom stereocenters. The standard InChI is InChI=1S/C59H100O6/c1-4-7-10-13-16-19-22-25-28-29-32-35-38-41-44-47-50-53-59(62)65-56(54-63-57(60)51-48-45-42-39-36-33-30-26-23-20-17-14-11-8-5-2)55-64-58(61)52-49-46-43-40-37-34-31-27-24-21-18-15-12-9-6-3/h16-17,19-21,24-26,28,30,32,35,41,44,56H,4-15,18,22-23,27,29,31,33-34,36-40,42-43,45-55H2,1-3H3/b19-16-,20-17-,24-21-,28-25-,30-26-,35-32-,44-41-/t56-/m1/s1. The molecule has 0 rings (SSSR count). The normalized spacial score (nSPS) is 12.7. The van der Waals surface area contributed by atoms with Crippen LogP contribution in [0, 0.1) is 0 Å². The highest BCUT2D eigenvalue weighted by Crippen LogP contribution is 2.13. The van der Waals surface area contributed by atoms with Crippen molar-refractivity contribution in [3.05, 3.63) is 85.1 Å². The lowest BCUT2D eigenvalue weighted by atomic mass is 10.1. The van der Waals surface area contributed by atoms with Gasteiger partial charge in [-0.15, -0.1) is 0 Å². The van der Waals surface area contributed by atoms with E-state index in [1.54, 1.807) is 0 Å². The minimum atomic E-state index is -0.813. The van der Waals surface area contributed by atoms with E-state index in [0.717, 1.165) is 89.9 Å². The highest BCUT2D eigenvalue weighted by Gasteiger charge is 2.19. The van der Waals surface area contributed by atoms with E-state index in [2.05, 4.69) is 106 Å². The summed E-state index contributed by atoms with van der Waals surface area (Å²) in [6, 6.07) is 0. The van der Waals surface area contributed by atoms with Crippen LogP contribution in [0.3, 0.4) is 0 Å². The SMILES string of the molecule is CCCCC/C=C\C/C=C\C/C=C\C/C=C\CCCC(=O)O[C@H](COC(=O)CCCCCCC/C=C\C/C=C\CCCCC)COC(=O)CCCCCCCCC/C=C\CCCCCC. The minimum absolute atomic E-state index is 0.105. The molecular weight excluding hydrogens is 805 g/mol. The molecule has 65 heavy (non-hydrogen) atoms. The second-order valence-electron chi connectivity index (χ2n) is 17.8. The molecule has 0 aliphatic carbocycles.